The predicted molar refractivity (Wildman–Crippen MR) is 130 cm³/mol. The summed E-state index contributed by atoms with van der Waals surface area (Å²) >= 11 is 0. The van der Waals surface area contributed by atoms with Crippen LogP contribution in [0.25, 0.3) is 21.8 Å². The molecule has 0 radical (unpaired) electrons. The molecule has 0 aliphatic rings. The average Bonchev–Trinajstić information content (AvgIpc) is 2.83. The van der Waals surface area contributed by atoms with Crippen molar-refractivity contribution in [2.24, 2.45) is 0 Å². The van der Waals surface area contributed by atoms with Crippen molar-refractivity contribution in [3.63, 3.8) is 0 Å². The zero-order valence-electron chi connectivity index (χ0n) is 22.1. The summed E-state index contributed by atoms with van der Waals surface area (Å²) in [6, 6.07) is 17.3. The van der Waals surface area contributed by atoms with Gasteiger partial charge in [0.1, 0.15) is 10.8 Å². The Hall–Kier alpha value is -0.350. The van der Waals surface area contributed by atoms with Crippen LogP contribution in [-0.4, -0.2) is 52.4 Å². The number of fused-ring (bicyclic) bond motifs is 2. The zero-order chi connectivity index (χ0) is 22.3. The SMILES string of the molecule is [Cl-].[Cl-].[Cl-].[Cl-].[Cl-].[Cl-].[NH3+]CCC[NH2+]CCCC[NH2+]CCC[NH2+]CCC[NH2+]c1c2ccccc2[nH+]c2ccccc12. The van der Waals surface area contributed by atoms with Gasteiger partial charge in [0.15, 0.2) is 5.69 Å². The summed E-state index contributed by atoms with van der Waals surface area (Å²) in [5, 5.41) is 12.5. The molecular weight excluding hydrogens is 609 g/mol. The van der Waals surface area contributed by atoms with Crippen LogP contribution in [-0.2, 0) is 0 Å². The minimum absolute atomic E-state index is 0. The van der Waals surface area contributed by atoms with Crippen LogP contribution in [0.3, 0.4) is 0 Å². The lowest BCUT2D eigenvalue weighted by Crippen LogP contribution is -3.00. The standard InChI is InChI=1S/C26H40N6.6ClH/c27-14-7-17-28-15-5-6-16-29-18-8-19-30-20-9-21-31-26-22-10-1-3-12-24(22)32-25-13-4-2-11-23(25)26;;;;;;/h1-4,10-13,28-30H,5-9,14-21,27H2,(H,31,32);6*1H. The van der Waals surface area contributed by atoms with E-state index in [9.17, 15) is 0 Å². The minimum Gasteiger partial charge on any atom is -1.00 e. The van der Waals surface area contributed by atoms with E-state index in [1.807, 2.05) is 0 Å². The molecule has 0 atom stereocenters. The van der Waals surface area contributed by atoms with Crippen LogP contribution in [0.2, 0.25) is 0 Å². The normalized spacial score (nSPS) is 9.71. The van der Waals surface area contributed by atoms with Gasteiger partial charge in [-0.25, -0.2) is 4.98 Å². The van der Waals surface area contributed by atoms with Crippen molar-refractivity contribution in [2.45, 2.75) is 32.1 Å². The maximum absolute atomic E-state index is 3.89. The number of nitrogens with two attached hydrogens (primary N) is 4. The van der Waals surface area contributed by atoms with Gasteiger partial charge in [-0.2, -0.15) is 0 Å². The number of aromatic nitrogens is 1. The number of halogens is 6. The molecule has 0 aliphatic heterocycles. The Balaban J connectivity index is -0.000000963. The average molecular weight is 655 g/mol. The Morgan fingerprint density at radius 1 is 0.500 bits per heavy atom. The van der Waals surface area contributed by atoms with Crippen LogP contribution in [0, 0.1) is 0 Å². The molecule has 6 nitrogen and oxygen atoms in total. The summed E-state index contributed by atoms with van der Waals surface area (Å²) in [4.78, 5) is 3.57. The Kier molecular flexibility index (Phi) is 33.1. The Morgan fingerprint density at radius 2 is 0.895 bits per heavy atom. The molecule has 1 heterocycles. The number of benzene rings is 2. The topological polar surface area (TPSA) is 108 Å². The molecule has 0 amide bonds. The number of para-hydroxylation sites is 2. The van der Waals surface area contributed by atoms with E-state index in [-0.39, 0.29) is 74.4 Å². The fraction of sp³-hybridized carbons (Fsp3) is 0.500. The van der Waals surface area contributed by atoms with Crippen LogP contribution in [0.1, 0.15) is 32.1 Å². The first-order valence-corrected chi connectivity index (χ1v) is 12.8. The number of quaternary nitrogens is 5. The molecule has 3 rings (SSSR count). The van der Waals surface area contributed by atoms with Gasteiger partial charge < -0.3 is 101 Å². The molecule has 12 N–H and O–H groups in total. The second-order valence-corrected chi connectivity index (χ2v) is 8.84. The van der Waals surface area contributed by atoms with E-state index < -0.39 is 0 Å². The monoisotopic (exact) mass is 652 g/mol. The minimum atomic E-state index is 0. The van der Waals surface area contributed by atoms with E-state index in [2.05, 4.69) is 80.5 Å². The fourth-order valence-electron chi connectivity index (χ4n) is 4.38. The Bertz CT molecular complexity index is 883. The van der Waals surface area contributed by atoms with Gasteiger partial charge in [0.05, 0.1) is 52.4 Å². The molecule has 0 spiro atoms. The molecule has 0 saturated carbocycles. The van der Waals surface area contributed by atoms with Gasteiger partial charge in [-0.05, 0) is 12.1 Å². The number of aromatic amines is 1. The van der Waals surface area contributed by atoms with Crippen molar-refractivity contribution in [1.29, 1.82) is 0 Å². The second-order valence-electron chi connectivity index (χ2n) is 8.84. The largest absolute Gasteiger partial charge is 1.00 e. The molecule has 0 saturated heterocycles. The Labute approximate surface area is 265 Å². The van der Waals surface area contributed by atoms with Crippen molar-refractivity contribution in [3.05, 3.63) is 48.5 Å². The number of H-pyrrole nitrogens is 1. The molecule has 0 aliphatic carbocycles. The third-order valence-electron chi connectivity index (χ3n) is 6.21. The summed E-state index contributed by atoms with van der Waals surface area (Å²) in [6.45, 7) is 9.76. The van der Waals surface area contributed by atoms with Gasteiger partial charge in [-0.1, -0.05) is 24.3 Å². The van der Waals surface area contributed by atoms with Crippen LogP contribution in [0.4, 0.5) is 5.69 Å². The van der Waals surface area contributed by atoms with E-state index in [4.69, 9.17) is 0 Å². The number of hydrogen-bond donors (Lipinski definition) is 5. The molecule has 38 heavy (non-hydrogen) atoms. The van der Waals surface area contributed by atoms with Gasteiger partial charge in [-0.3, -0.25) is 0 Å². The molecule has 0 unspecified atom stereocenters. The van der Waals surface area contributed by atoms with Crippen molar-refractivity contribution < 1.29 is 106 Å². The van der Waals surface area contributed by atoms with Crippen molar-refractivity contribution in [1.82, 2.24) is 0 Å². The quantitative estimate of drug-likeness (QED) is 0.0705. The summed E-state index contributed by atoms with van der Waals surface area (Å²) in [7, 11) is 0. The smallest absolute Gasteiger partial charge is 0.217 e. The summed E-state index contributed by atoms with van der Waals surface area (Å²) in [5.74, 6) is 0. The lowest BCUT2D eigenvalue weighted by atomic mass is 10.1. The molecule has 12 heteroatoms. The molecule has 0 fully saturated rings. The van der Waals surface area contributed by atoms with E-state index in [0.29, 0.717) is 0 Å². The third-order valence-corrected chi connectivity index (χ3v) is 6.21. The second kappa shape index (κ2) is 28.2. The first-order valence-electron chi connectivity index (χ1n) is 12.8. The number of rotatable bonds is 17. The van der Waals surface area contributed by atoms with Gasteiger partial charge >= 0.3 is 0 Å². The highest BCUT2D eigenvalue weighted by molar-refractivity contribution is 6.00. The number of nitrogens with one attached hydrogen (secondary N) is 1. The summed E-state index contributed by atoms with van der Waals surface area (Å²) in [6.07, 6.45) is 6.49. The molecule has 2 aromatic carbocycles. The molecule has 1 aromatic heterocycles. The van der Waals surface area contributed by atoms with E-state index in [1.54, 1.807) is 0 Å². The summed E-state index contributed by atoms with van der Waals surface area (Å²) < 4.78 is 0. The molecule has 0 bridgehead atoms. The van der Waals surface area contributed by atoms with Crippen LogP contribution < -0.4 is 106 Å². The number of pyridine rings is 1. The first-order chi connectivity index (χ1) is 15.9. The molecular formula is C26H46Cl6N6. The maximum atomic E-state index is 3.89. The van der Waals surface area contributed by atoms with Crippen molar-refractivity contribution in [2.75, 3.05) is 52.4 Å². The lowest BCUT2D eigenvalue weighted by Gasteiger charge is -2.06. The van der Waals surface area contributed by atoms with Crippen LogP contribution in [0.15, 0.2) is 48.5 Å². The van der Waals surface area contributed by atoms with E-state index in [0.717, 1.165) is 13.1 Å². The Morgan fingerprint density at radius 3 is 1.37 bits per heavy atom. The molecule has 222 valence electrons. The van der Waals surface area contributed by atoms with Gasteiger partial charge in [0.25, 0.3) is 0 Å². The predicted octanol–water partition coefficient (Wildman–Crippen LogP) is -20.1. The fourth-order valence-corrected chi connectivity index (χ4v) is 4.38. The highest BCUT2D eigenvalue weighted by Gasteiger charge is 2.16. The molecule has 3 aromatic rings. The third kappa shape index (κ3) is 16.0. The van der Waals surface area contributed by atoms with Crippen LogP contribution in [0.5, 0.6) is 0 Å². The van der Waals surface area contributed by atoms with Crippen LogP contribution >= 0.6 is 0 Å². The number of unbranched alkanes of at least 4 members (excludes halogenated alkanes) is 1. The highest BCUT2D eigenvalue weighted by Crippen LogP contribution is 2.24. The van der Waals surface area contributed by atoms with Gasteiger partial charge in [0, 0.05) is 44.2 Å². The summed E-state index contributed by atoms with van der Waals surface area (Å²) in [5.41, 5.74) is 7.70. The lowest BCUT2D eigenvalue weighted by molar-refractivity contribution is -0.685. The van der Waals surface area contributed by atoms with Crippen molar-refractivity contribution >= 4 is 27.5 Å². The zero-order valence-corrected chi connectivity index (χ0v) is 26.6. The maximum Gasteiger partial charge on any atom is 0.217 e. The van der Waals surface area contributed by atoms with Gasteiger partial charge in [0.2, 0.25) is 11.0 Å². The van der Waals surface area contributed by atoms with E-state index >= 15 is 0 Å². The highest BCUT2D eigenvalue weighted by atomic mass is 35.5. The van der Waals surface area contributed by atoms with Crippen molar-refractivity contribution in [3.8, 4) is 0 Å². The van der Waals surface area contributed by atoms with Gasteiger partial charge in [-0.15, -0.1) is 0 Å². The van der Waals surface area contributed by atoms with E-state index in [1.165, 1.54) is 98.9 Å². The number of hydrogen-bond acceptors (Lipinski definition) is 0. The first kappa shape index (κ1) is 44.7.